The molecule has 0 saturated heterocycles. The Morgan fingerprint density at radius 3 is 2.56 bits per heavy atom. The highest BCUT2D eigenvalue weighted by Gasteiger charge is 2.31. The fourth-order valence-electron chi connectivity index (χ4n) is 1.51. The summed E-state index contributed by atoms with van der Waals surface area (Å²) in [4.78, 5) is 23.5. The molecule has 1 heterocycles. The number of hydrogen-bond donors (Lipinski definition) is 1. The molecular formula is C12H19N3O3. The molecular weight excluding hydrogens is 234 g/mol. The molecule has 1 aromatic heterocycles. The van der Waals surface area contributed by atoms with E-state index in [0.29, 0.717) is 0 Å². The van der Waals surface area contributed by atoms with Gasteiger partial charge in [0.05, 0.1) is 13.7 Å². The average molecular weight is 253 g/mol. The Morgan fingerprint density at radius 1 is 1.44 bits per heavy atom. The first kappa shape index (κ1) is 14.2. The van der Waals surface area contributed by atoms with E-state index in [-0.39, 0.29) is 12.3 Å². The number of hydrogen-bond acceptors (Lipinski definition) is 4. The van der Waals surface area contributed by atoms with E-state index in [1.54, 1.807) is 23.1 Å². The van der Waals surface area contributed by atoms with E-state index in [9.17, 15) is 9.59 Å². The Bertz CT molecular complexity index is 407. The van der Waals surface area contributed by atoms with E-state index in [2.05, 4.69) is 15.2 Å². The van der Waals surface area contributed by atoms with Gasteiger partial charge in [0.15, 0.2) is 5.78 Å². The Morgan fingerprint density at radius 2 is 2.11 bits per heavy atom. The minimum Gasteiger partial charge on any atom is -0.453 e. The van der Waals surface area contributed by atoms with E-state index >= 15 is 0 Å². The van der Waals surface area contributed by atoms with Crippen molar-refractivity contribution in [1.29, 1.82) is 0 Å². The minimum atomic E-state index is -0.655. The lowest BCUT2D eigenvalue weighted by Gasteiger charge is -2.24. The topological polar surface area (TPSA) is 73.2 Å². The van der Waals surface area contributed by atoms with Crippen LogP contribution in [0.25, 0.3) is 0 Å². The molecule has 0 aliphatic carbocycles. The maximum Gasteiger partial charge on any atom is 0.407 e. The maximum absolute atomic E-state index is 12.2. The highest BCUT2D eigenvalue weighted by molar-refractivity contribution is 5.91. The standard InChI is InChI=1S/C12H19N3O3/c1-12(2,3)10(16)9(14-11(17)18-4)8-15-7-5-6-13-15/h5-7,9H,8H2,1-4H3,(H,14,17). The number of rotatable bonds is 4. The van der Waals surface area contributed by atoms with Crippen LogP contribution in [0.2, 0.25) is 0 Å². The molecule has 0 bridgehead atoms. The first-order chi connectivity index (χ1) is 8.34. The third-order valence-corrected chi connectivity index (χ3v) is 2.46. The van der Waals surface area contributed by atoms with Crippen molar-refractivity contribution in [3.8, 4) is 0 Å². The van der Waals surface area contributed by atoms with Crippen LogP contribution in [0, 0.1) is 5.41 Å². The second kappa shape index (κ2) is 5.66. The van der Waals surface area contributed by atoms with Gasteiger partial charge in [-0.15, -0.1) is 0 Å². The SMILES string of the molecule is COC(=O)NC(Cn1cccn1)C(=O)C(C)(C)C. The molecule has 1 amide bonds. The second-order valence-corrected chi connectivity index (χ2v) is 5.03. The number of aromatic nitrogens is 2. The summed E-state index contributed by atoms with van der Waals surface area (Å²) in [5, 5.41) is 6.57. The van der Waals surface area contributed by atoms with Crippen LogP contribution in [0.1, 0.15) is 20.8 Å². The highest BCUT2D eigenvalue weighted by Crippen LogP contribution is 2.17. The number of carbonyl (C=O) groups is 2. The molecule has 100 valence electrons. The second-order valence-electron chi connectivity index (χ2n) is 5.03. The monoisotopic (exact) mass is 253 g/mol. The predicted octanol–water partition coefficient (Wildman–Crippen LogP) is 1.22. The number of alkyl carbamates (subject to hydrolysis) is 1. The van der Waals surface area contributed by atoms with E-state index in [1.165, 1.54) is 7.11 Å². The Balaban J connectivity index is 2.81. The minimum absolute atomic E-state index is 0.0663. The number of ether oxygens (including phenoxy) is 1. The molecule has 0 aliphatic rings. The molecule has 0 fully saturated rings. The summed E-state index contributed by atoms with van der Waals surface area (Å²) in [5.74, 6) is -0.0663. The smallest absolute Gasteiger partial charge is 0.407 e. The van der Waals surface area contributed by atoms with Crippen LogP contribution in [-0.2, 0) is 16.1 Å². The van der Waals surface area contributed by atoms with Crippen molar-refractivity contribution < 1.29 is 14.3 Å². The number of nitrogens with one attached hydrogen (secondary N) is 1. The number of ketones is 1. The van der Waals surface area contributed by atoms with Gasteiger partial charge in [0.1, 0.15) is 6.04 Å². The summed E-state index contributed by atoms with van der Waals surface area (Å²) in [7, 11) is 1.27. The lowest BCUT2D eigenvalue weighted by Crippen LogP contribution is -2.48. The molecule has 0 aromatic carbocycles. The van der Waals surface area contributed by atoms with Crippen LogP contribution in [0.3, 0.4) is 0 Å². The predicted molar refractivity (Wildman–Crippen MR) is 66.0 cm³/mol. The molecule has 18 heavy (non-hydrogen) atoms. The van der Waals surface area contributed by atoms with Gasteiger partial charge in [-0.2, -0.15) is 5.10 Å². The fourth-order valence-corrected chi connectivity index (χ4v) is 1.51. The van der Waals surface area contributed by atoms with Crippen LogP contribution in [0.4, 0.5) is 4.79 Å². The van der Waals surface area contributed by atoms with Crippen molar-refractivity contribution in [3.05, 3.63) is 18.5 Å². The molecule has 0 radical (unpaired) electrons. The van der Waals surface area contributed by atoms with E-state index in [0.717, 1.165) is 0 Å². The van der Waals surface area contributed by atoms with E-state index in [4.69, 9.17) is 0 Å². The zero-order valence-electron chi connectivity index (χ0n) is 11.1. The third kappa shape index (κ3) is 3.87. The summed E-state index contributed by atoms with van der Waals surface area (Å²) in [6.45, 7) is 5.72. The molecule has 1 aromatic rings. The summed E-state index contributed by atoms with van der Waals surface area (Å²) < 4.78 is 6.13. The Kier molecular flexibility index (Phi) is 4.47. The Hall–Kier alpha value is -1.85. The van der Waals surface area contributed by atoms with Crippen LogP contribution in [0.5, 0.6) is 0 Å². The summed E-state index contributed by atoms with van der Waals surface area (Å²) in [6, 6.07) is 1.11. The van der Waals surface area contributed by atoms with Crippen LogP contribution < -0.4 is 5.32 Å². The quantitative estimate of drug-likeness (QED) is 0.875. The van der Waals surface area contributed by atoms with Crippen molar-refractivity contribution in [2.75, 3.05) is 7.11 Å². The normalized spacial score (nSPS) is 12.9. The lowest BCUT2D eigenvalue weighted by atomic mass is 9.86. The first-order valence-corrected chi connectivity index (χ1v) is 5.71. The van der Waals surface area contributed by atoms with Gasteiger partial charge in [0.2, 0.25) is 0 Å². The number of methoxy groups -OCH3 is 1. The Labute approximate surface area is 106 Å². The molecule has 1 rings (SSSR count). The van der Waals surface area contributed by atoms with Gasteiger partial charge in [-0.3, -0.25) is 9.48 Å². The molecule has 0 aliphatic heterocycles. The van der Waals surface area contributed by atoms with Gasteiger partial charge in [-0.05, 0) is 6.07 Å². The van der Waals surface area contributed by atoms with Gasteiger partial charge >= 0.3 is 6.09 Å². The van der Waals surface area contributed by atoms with Crippen LogP contribution in [0.15, 0.2) is 18.5 Å². The molecule has 6 nitrogen and oxygen atoms in total. The fraction of sp³-hybridized carbons (Fsp3) is 0.583. The van der Waals surface area contributed by atoms with Gasteiger partial charge in [-0.25, -0.2) is 4.79 Å². The maximum atomic E-state index is 12.2. The summed E-state index contributed by atoms with van der Waals surface area (Å²) in [6.07, 6.45) is 2.74. The van der Waals surface area contributed by atoms with Crippen molar-refractivity contribution in [3.63, 3.8) is 0 Å². The van der Waals surface area contributed by atoms with Crippen molar-refractivity contribution in [2.24, 2.45) is 5.41 Å². The van der Waals surface area contributed by atoms with Gasteiger partial charge in [0, 0.05) is 17.8 Å². The zero-order valence-corrected chi connectivity index (χ0v) is 11.1. The van der Waals surface area contributed by atoms with E-state index < -0.39 is 17.6 Å². The number of amides is 1. The highest BCUT2D eigenvalue weighted by atomic mass is 16.5. The van der Waals surface area contributed by atoms with Crippen LogP contribution >= 0.6 is 0 Å². The van der Waals surface area contributed by atoms with Crippen LogP contribution in [-0.4, -0.2) is 34.8 Å². The molecule has 6 heteroatoms. The number of Topliss-reactive ketones (excluding diaryl/α,β-unsaturated/α-hetero) is 1. The summed E-state index contributed by atoms with van der Waals surface area (Å²) >= 11 is 0. The van der Waals surface area contributed by atoms with Gasteiger partial charge in [-0.1, -0.05) is 20.8 Å². The summed E-state index contributed by atoms with van der Waals surface area (Å²) in [5.41, 5.74) is -0.543. The van der Waals surface area contributed by atoms with Gasteiger partial charge in [0.25, 0.3) is 0 Å². The zero-order chi connectivity index (χ0) is 13.8. The molecule has 0 spiro atoms. The lowest BCUT2D eigenvalue weighted by molar-refractivity contribution is -0.128. The first-order valence-electron chi connectivity index (χ1n) is 5.71. The average Bonchev–Trinajstić information content (AvgIpc) is 2.78. The molecule has 1 N–H and O–H groups in total. The van der Waals surface area contributed by atoms with Crippen molar-refractivity contribution in [2.45, 2.75) is 33.4 Å². The number of nitrogens with zero attached hydrogens (tertiary/aromatic N) is 2. The van der Waals surface area contributed by atoms with E-state index in [1.807, 2.05) is 20.8 Å². The third-order valence-electron chi connectivity index (χ3n) is 2.46. The molecule has 0 saturated carbocycles. The molecule has 1 atom stereocenters. The number of carbonyl (C=O) groups excluding carboxylic acids is 2. The van der Waals surface area contributed by atoms with Crippen molar-refractivity contribution >= 4 is 11.9 Å². The molecule has 1 unspecified atom stereocenters. The largest absolute Gasteiger partial charge is 0.453 e. The van der Waals surface area contributed by atoms with Crippen molar-refractivity contribution in [1.82, 2.24) is 15.1 Å². The van der Waals surface area contributed by atoms with Gasteiger partial charge < -0.3 is 10.1 Å².